The first kappa shape index (κ1) is 14.9. The molecule has 0 aromatic carbocycles. The van der Waals surface area contributed by atoms with Crippen molar-refractivity contribution in [3.8, 4) is 0 Å². The molecule has 0 radical (unpaired) electrons. The van der Waals surface area contributed by atoms with Crippen molar-refractivity contribution in [2.45, 2.75) is 44.8 Å². The number of carboxylic acid groups (broad SMARTS) is 2. The second-order valence-corrected chi connectivity index (χ2v) is 3.53. The van der Waals surface area contributed by atoms with Crippen molar-refractivity contribution >= 4 is 11.9 Å². The van der Waals surface area contributed by atoms with Gasteiger partial charge in [-0.3, -0.25) is 0 Å². The van der Waals surface area contributed by atoms with Crippen LogP contribution in [0, 0.1) is 0 Å². The van der Waals surface area contributed by atoms with Crippen LogP contribution in [0.15, 0.2) is 0 Å². The Morgan fingerprint density at radius 1 is 1.25 bits per heavy atom. The zero-order chi connectivity index (χ0) is 12.8. The summed E-state index contributed by atoms with van der Waals surface area (Å²) in [6, 6.07) is 0. The molecule has 0 aliphatic rings. The fourth-order valence-corrected chi connectivity index (χ4v) is 1.43. The van der Waals surface area contributed by atoms with E-state index in [9.17, 15) is 14.7 Å². The Morgan fingerprint density at radius 2 is 1.81 bits per heavy atom. The number of carboxylic acids is 2. The lowest BCUT2D eigenvalue weighted by atomic mass is 9.91. The zero-order valence-electron chi connectivity index (χ0n) is 9.47. The molecule has 2 unspecified atom stereocenters. The monoisotopic (exact) mass is 234 g/mol. The molecule has 0 aromatic heterocycles. The minimum absolute atomic E-state index is 0.0458. The van der Waals surface area contributed by atoms with Crippen LogP contribution in [0.3, 0.4) is 0 Å². The van der Waals surface area contributed by atoms with Crippen molar-refractivity contribution in [1.29, 1.82) is 0 Å². The number of carbonyl (C=O) groups is 2. The number of hydrogen-bond acceptors (Lipinski definition) is 4. The van der Waals surface area contributed by atoms with Crippen LogP contribution < -0.4 is 0 Å². The van der Waals surface area contributed by atoms with Crippen molar-refractivity contribution in [3.63, 3.8) is 0 Å². The van der Waals surface area contributed by atoms with Gasteiger partial charge in [-0.1, -0.05) is 20.3 Å². The molecule has 0 rings (SSSR count). The zero-order valence-corrected chi connectivity index (χ0v) is 9.47. The third kappa shape index (κ3) is 3.18. The SMILES string of the molecule is CCCOC(CCC)(C(=O)O)C(O)C(=O)O. The molecule has 0 bridgehead atoms. The maximum atomic E-state index is 11.1. The Balaban J connectivity index is 5.07. The fourth-order valence-electron chi connectivity index (χ4n) is 1.43. The van der Waals surface area contributed by atoms with Crippen molar-refractivity contribution in [2.24, 2.45) is 0 Å². The molecule has 6 nitrogen and oxygen atoms in total. The first-order chi connectivity index (χ1) is 7.42. The molecule has 0 aliphatic heterocycles. The van der Waals surface area contributed by atoms with E-state index in [0.29, 0.717) is 12.8 Å². The van der Waals surface area contributed by atoms with E-state index in [-0.39, 0.29) is 13.0 Å². The van der Waals surface area contributed by atoms with E-state index >= 15 is 0 Å². The third-order valence-corrected chi connectivity index (χ3v) is 2.22. The lowest BCUT2D eigenvalue weighted by Crippen LogP contribution is -2.55. The summed E-state index contributed by atoms with van der Waals surface area (Å²) in [6.45, 7) is 3.56. The summed E-state index contributed by atoms with van der Waals surface area (Å²) in [7, 11) is 0. The standard InChI is InChI=1S/C10H18O6/c1-3-5-10(9(14)15,16-6-4-2)7(11)8(12)13/h7,11H,3-6H2,1-2H3,(H,12,13)(H,14,15). The third-order valence-electron chi connectivity index (χ3n) is 2.22. The van der Waals surface area contributed by atoms with Crippen LogP contribution in [-0.4, -0.2) is 45.6 Å². The molecule has 3 N–H and O–H groups in total. The lowest BCUT2D eigenvalue weighted by molar-refractivity contribution is -0.195. The van der Waals surface area contributed by atoms with Gasteiger partial charge in [0.15, 0.2) is 6.10 Å². The lowest BCUT2D eigenvalue weighted by Gasteiger charge is -2.31. The number of hydrogen-bond donors (Lipinski definition) is 3. The Labute approximate surface area is 93.8 Å². The van der Waals surface area contributed by atoms with E-state index < -0.39 is 23.6 Å². The first-order valence-corrected chi connectivity index (χ1v) is 5.20. The van der Waals surface area contributed by atoms with E-state index in [1.165, 1.54) is 0 Å². The maximum absolute atomic E-state index is 11.1. The number of aliphatic hydroxyl groups excluding tert-OH is 1. The maximum Gasteiger partial charge on any atom is 0.339 e. The molecule has 6 heteroatoms. The average Bonchev–Trinajstić information content (AvgIpc) is 2.22. The molecule has 2 atom stereocenters. The molecule has 0 heterocycles. The molecule has 0 saturated heterocycles. The molecule has 94 valence electrons. The summed E-state index contributed by atoms with van der Waals surface area (Å²) in [4.78, 5) is 21.8. The summed E-state index contributed by atoms with van der Waals surface area (Å²) in [5.41, 5.74) is -2.05. The molecule has 0 spiro atoms. The predicted molar refractivity (Wildman–Crippen MR) is 55.2 cm³/mol. The van der Waals surface area contributed by atoms with Gasteiger partial charge in [0, 0.05) is 6.61 Å². The van der Waals surface area contributed by atoms with E-state index in [1.54, 1.807) is 13.8 Å². The number of ether oxygens (including phenoxy) is 1. The summed E-state index contributed by atoms with van der Waals surface area (Å²) in [5.74, 6) is -3.04. The quantitative estimate of drug-likeness (QED) is 0.564. The van der Waals surface area contributed by atoms with Gasteiger partial charge in [-0.2, -0.15) is 0 Å². The topological polar surface area (TPSA) is 104 Å². The second-order valence-electron chi connectivity index (χ2n) is 3.53. The molecular weight excluding hydrogens is 216 g/mol. The van der Waals surface area contributed by atoms with Gasteiger partial charge in [0.2, 0.25) is 5.60 Å². The van der Waals surface area contributed by atoms with E-state index in [0.717, 1.165) is 0 Å². The Bertz CT molecular complexity index is 252. The minimum Gasteiger partial charge on any atom is -0.479 e. The number of aliphatic hydroxyl groups is 1. The summed E-state index contributed by atoms with van der Waals surface area (Å²) < 4.78 is 5.07. The molecule has 0 amide bonds. The van der Waals surface area contributed by atoms with Crippen LogP contribution in [-0.2, 0) is 14.3 Å². The van der Waals surface area contributed by atoms with Crippen molar-refractivity contribution in [2.75, 3.05) is 6.61 Å². The van der Waals surface area contributed by atoms with E-state index in [2.05, 4.69) is 0 Å². The number of aliphatic carboxylic acids is 2. The second kappa shape index (κ2) is 6.44. The van der Waals surface area contributed by atoms with Crippen molar-refractivity contribution < 1.29 is 29.6 Å². The first-order valence-electron chi connectivity index (χ1n) is 5.20. The normalized spacial score (nSPS) is 16.4. The molecular formula is C10H18O6. The van der Waals surface area contributed by atoms with Gasteiger partial charge in [-0.25, -0.2) is 9.59 Å². The van der Waals surface area contributed by atoms with Crippen LogP contribution in [0.4, 0.5) is 0 Å². The van der Waals surface area contributed by atoms with E-state index in [4.69, 9.17) is 14.9 Å². The summed E-state index contributed by atoms with van der Waals surface area (Å²) in [6.07, 6.45) is -1.15. The predicted octanol–water partition coefficient (Wildman–Crippen LogP) is 0.482. The highest BCUT2D eigenvalue weighted by Gasteiger charge is 2.49. The van der Waals surface area contributed by atoms with Gasteiger partial charge in [-0.05, 0) is 12.8 Å². The van der Waals surface area contributed by atoms with Gasteiger partial charge in [0.1, 0.15) is 0 Å². The van der Waals surface area contributed by atoms with Crippen LogP contribution in [0.5, 0.6) is 0 Å². The summed E-state index contributed by atoms with van der Waals surface area (Å²) >= 11 is 0. The molecule has 0 saturated carbocycles. The van der Waals surface area contributed by atoms with Crippen LogP contribution in [0.1, 0.15) is 33.1 Å². The summed E-state index contributed by atoms with van der Waals surface area (Å²) in [5, 5.41) is 27.2. The highest BCUT2D eigenvalue weighted by Crippen LogP contribution is 2.24. The Morgan fingerprint density at radius 3 is 2.12 bits per heavy atom. The van der Waals surface area contributed by atoms with Crippen molar-refractivity contribution in [3.05, 3.63) is 0 Å². The molecule has 0 aliphatic carbocycles. The van der Waals surface area contributed by atoms with Crippen LogP contribution in [0.25, 0.3) is 0 Å². The fraction of sp³-hybridized carbons (Fsp3) is 0.800. The van der Waals surface area contributed by atoms with E-state index in [1.807, 2.05) is 0 Å². The highest BCUT2D eigenvalue weighted by atomic mass is 16.5. The van der Waals surface area contributed by atoms with Crippen LogP contribution >= 0.6 is 0 Å². The Kier molecular flexibility index (Phi) is 5.98. The Hall–Kier alpha value is -1.14. The van der Waals surface area contributed by atoms with Gasteiger partial charge < -0.3 is 20.1 Å². The average molecular weight is 234 g/mol. The molecule has 0 aromatic rings. The highest BCUT2D eigenvalue weighted by molar-refractivity contribution is 5.87. The van der Waals surface area contributed by atoms with Gasteiger partial charge in [0.25, 0.3) is 0 Å². The molecule has 16 heavy (non-hydrogen) atoms. The van der Waals surface area contributed by atoms with Gasteiger partial charge in [0.05, 0.1) is 0 Å². The van der Waals surface area contributed by atoms with Gasteiger partial charge in [-0.15, -0.1) is 0 Å². The van der Waals surface area contributed by atoms with Crippen LogP contribution in [0.2, 0.25) is 0 Å². The number of rotatable bonds is 8. The molecule has 0 fully saturated rings. The van der Waals surface area contributed by atoms with Gasteiger partial charge >= 0.3 is 11.9 Å². The minimum atomic E-state index is -2.06. The largest absolute Gasteiger partial charge is 0.479 e. The van der Waals surface area contributed by atoms with Crippen molar-refractivity contribution in [1.82, 2.24) is 0 Å². The smallest absolute Gasteiger partial charge is 0.339 e.